The number of nitrogens with zero attached hydrogens (tertiary/aromatic N) is 1. The summed E-state index contributed by atoms with van der Waals surface area (Å²) in [5, 5.41) is 4.78. The number of carbonyl (C=O) groups excluding carboxylic acids is 1. The summed E-state index contributed by atoms with van der Waals surface area (Å²) < 4.78 is 18.8. The number of nitrogens with one attached hydrogen (secondary N) is 1. The number of rotatable bonds is 3. The summed E-state index contributed by atoms with van der Waals surface area (Å²) in [4.78, 5) is 15.2. The largest absolute Gasteiger partial charge is 0.464 e. The molecule has 0 radical (unpaired) electrons. The summed E-state index contributed by atoms with van der Waals surface area (Å²) in [6, 6.07) is 4.53. The molecule has 2 rings (SSSR count). The van der Waals surface area contributed by atoms with Gasteiger partial charge in [0.2, 0.25) is 0 Å². The first-order chi connectivity index (χ1) is 8.60. The van der Waals surface area contributed by atoms with Gasteiger partial charge in [-0.3, -0.25) is 0 Å². The number of esters is 1. The fraction of sp³-hybridized carbons (Fsp3) is 0.0909. The first-order valence-corrected chi connectivity index (χ1v) is 6.53. The molecule has 0 saturated heterocycles. The van der Waals surface area contributed by atoms with Crippen LogP contribution < -0.4 is 5.32 Å². The normalized spacial score (nSPS) is 10.2. The van der Waals surface area contributed by atoms with E-state index in [9.17, 15) is 9.18 Å². The summed E-state index contributed by atoms with van der Waals surface area (Å²) in [7, 11) is 1.28. The van der Waals surface area contributed by atoms with Crippen molar-refractivity contribution in [3.63, 3.8) is 0 Å². The van der Waals surface area contributed by atoms with Crippen molar-refractivity contribution in [2.75, 3.05) is 12.4 Å². The highest BCUT2D eigenvalue weighted by molar-refractivity contribution is 9.10. The zero-order valence-corrected chi connectivity index (χ0v) is 11.6. The molecule has 0 spiro atoms. The molecule has 1 aromatic heterocycles. The number of aromatic nitrogens is 1. The first kappa shape index (κ1) is 13.0. The molecule has 0 atom stereocenters. The van der Waals surface area contributed by atoms with E-state index < -0.39 is 11.8 Å². The smallest absolute Gasteiger partial charge is 0.357 e. The number of hydrogen-bond acceptors (Lipinski definition) is 5. The highest BCUT2D eigenvalue weighted by atomic mass is 79.9. The molecule has 1 N–H and O–H groups in total. The Morgan fingerprint density at radius 1 is 1.56 bits per heavy atom. The lowest BCUT2D eigenvalue weighted by Gasteiger charge is -2.04. The highest BCUT2D eigenvalue weighted by Crippen LogP contribution is 2.26. The molecule has 7 heteroatoms. The van der Waals surface area contributed by atoms with Crippen LogP contribution in [-0.2, 0) is 4.74 Å². The van der Waals surface area contributed by atoms with Crippen LogP contribution >= 0.6 is 27.3 Å². The minimum atomic E-state index is -0.519. The van der Waals surface area contributed by atoms with Crippen molar-refractivity contribution < 1.29 is 13.9 Å². The number of thiazole rings is 1. The molecule has 94 valence electrons. The van der Waals surface area contributed by atoms with Gasteiger partial charge >= 0.3 is 5.97 Å². The lowest BCUT2D eigenvalue weighted by atomic mass is 10.3. The average Bonchev–Trinajstić information content (AvgIpc) is 2.81. The van der Waals surface area contributed by atoms with E-state index in [1.54, 1.807) is 17.5 Å². The van der Waals surface area contributed by atoms with Gasteiger partial charge in [0.05, 0.1) is 12.8 Å². The van der Waals surface area contributed by atoms with Crippen molar-refractivity contribution in [1.29, 1.82) is 0 Å². The van der Waals surface area contributed by atoms with Crippen molar-refractivity contribution in [2.45, 2.75) is 0 Å². The molecule has 0 amide bonds. The summed E-state index contributed by atoms with van der Waals surface area (Å²) in [5.41, 5.74) is 0.482. The third-order valence-electron chi connectivity index (χ3n) is 2.07. The number of methoxy groups -OCH3 is 1. The minimum absolute atomic E-state index is 0.195. The van der Waals surface area contributed by atoms with Crippen LogP contribution in [0.3, 0.4) is 0 Å². The number of benzene rings is 1. The number of halogens is 2. The van der Waals surface area contributed by atoms with Crippen LogP contribution in [0.15, 0.2) is 28.1 Å². The van der Waals surface area contributed by atoms with E-state index in [0.29, 0.717) is 5.13 Å². The van der Waals surface area contributed by atoms with E-state index in [-0.39, 0.29) is 11.4 Å². The number of anilines is 2. The molecule has 1 heterocycles. The molecule has 0 aliphatic rings. The quantitative estimate of drug-likeness (QED) is 0.874. The predicted octanol–water partition coefficient (Wildman–Crippen LogP) is 3.57. The fourth-order valence-electron chi connectivity index (χ4n) is 1.24. The molecule has 2 aromatic rings. The molecule has 1 aromatic carbocycles. The van der Waals surface area contributed by atoms with Crippen LogP contribution in [0, 0.1) is 5.82 Å². The highest BCUT2D eigenvalue weighted by Gasteiger charge is 2.11. The standard InChI is InChI=1S/C11H8BrFN2O2S/c1-17-10(16)9-5-18-11(15-9)14-8-4-6(12)2-3-7(8)13/h2-5H,1H3,(H,14,15). The van der Waals surface area contributed by atoms with Crippen LogP contribution in [0.5, 0.6) is 0 Å². The summed E-state index contributed by atoms with van der Waals surface area (Å²) in [6.07, 6.45) is 0. The molecule has 0 bridgehead atoms. The Morgan fingerprint density at radius 2 is 2.33 bits per heavy atom. The van der Waals surface area contributed by atoms with Gasteiger partial charge in [-0.2, -0.15) is 0 Å². The second-order valence-electron chi connectivity index (χ2n) is 3.28. The van der Waals surface area contributed by atoms with Crippen molar-refractivity contribution >= 4 is 44.1 Å². The maximum Gasteiger partial charge on any atom is 0.357 e. The van der Waals surface area contributed by atoms with Crippen molar-refractivity contribution in [2.24, 2.45) is 0 Å². The molecule has 0 fully saturated rings. The van der Waals surface area contributed by atoms with Crippen LogP contribution in [-0.4, -0.2) is 18.1 Å². The Labute approximate surface area is 115 Å². The van der Waals surface area contributed by atoms with Crippen LogP contribution in [0.1, 0.15) is 10.5 Å². The van der Waals surface area contributed by atoms with E-state index in [0.717, 1.165) is 4.47 Å². The van der Waals surface area contributed by atoms with Gasteiger partial charge in [-0.25, -0.2) is 14.2 Å². The topological polar surface area (TPSA) is 51.2 Å². The maximum atomic E-state index is 13.5. The number of carbonyl (C=O) groups is 1. The Hall–Kier alpha value is -1.47. The molecule has 18 heavy (non-hydrogen) atoms. The second kappa shape index (κ2) is 5.45. The van der Waals surface area contributed by atoms with E-state index in [4.69, 9.17) is 0 Å². The van der Waals surface area contributed by atoms with Gasteiger partial charge in [0.15, 0.2) is 10.8 Å². The van der Waals surface area contributed by atoms with Gasteiger partial charge in [0, 0.05) is 9.85 Å². The lowest BCUT2D eigenvalue weighted by molar-refractivity contribution is 0.0595. The summed E-state index contributed by atoms with van der Waals surface area (Å²) >= 11 is 4.45. The van der Waals surface area contributed by atoms with Crippen LogP contribution in [0.4, 0.5) is 15.2 Å². The van der Waals surface area contributed by atoms with E-state index in [2.05, 4.69) is 31.0 Å². The van der Waals surface area contributed by atoms with E-state index >= 15 is 0 Å². The third-order valence-corrected chi connectivity index (χ3v) is 3.32. The van der Waals surface area contributed by atoms with E-state index in [1.165, 1.54) is 24.5 Å². The molecule has 0 aliphatic carbocycles. The van der Waals surface area contributed by atoms with Gasteiger partial charge < -0.3 is 10.1 Å². The monoisotopic (exact) mass is 330 g/mol. The zero-order chi connectivity index (χ0) is 13.1. The minimum Gasteiger partial charge on any atom is -0.464 e. The fourth-order valence-corrected chi connectivity index (χ4v) is 2.29. The average molecular weight is 331 g/mol. The van der Waals surface area contributed by atoms with Crippen molar-refractivity contribution in [1.82, 2.24) is 4.98 Å². The molecular formula is C11H8BrFN2O2S. The molecule has 0 saturated carbocycles. The second-order valence-corrected chi connectivity index (χ2v) is 5.05. The Balaban J connectivity index is 2.21. The lowest BCUT2D eigenvalue weighted by Crippen LogP contribution is -2.01. The molecular weight excluding hydrogens is 323 g/mol. The first-order valence-electron chi connectivity index (χ1n) is 4.86. The third kappa shape index (κ3) is 2.85. The van der Waals surface area contributed by atoms with Gasteiger partial charge in [-0.15, -0.1) is 11.3 Å². The summed E-state index contributed by atoms with van der Waals surface area (Å²) in [5.74, 6) is -0.915. The SMILES string of the molecule is COC(=O)c1csc(Nc2cc(Br)ccc2F)n1. The van der Waals surface area contributed by atoms with Gasteiger partial charge in [0.1, 0.15) is 5.82 Å². The van der Waals surface area contributed by atoms with E-state index in [1.807, 2.05) is 0 Å². The molecule has 0 unspecified atom stereocenters. The Kier molecular flexibility index (Phi) is 3.93. The predicted molar refractivity (Wildman–Crippen MR) is 70.8 cm³/mol. The Morgan fingerprint density at radius 3 is 3.06 bits per heavy atom. The Bertz CT molecular complexity index is 588. The zero-order valence-electron chi connectivity index (χ0n) is 9.24. The molecule has 0 aliphatic heterocycles. The molecule has 4 nitrogen and oxygen atoms in total. The van der Waals surface area contributed by atoms with Crippen molar-refractivity contribution in [3.8, 4) is 0 Å². The van der Waals surface area contributed by atoms with Crippen LogP contribution in [0.2, 0.25) is 0 Å². The number of hydrogen-bond donors (Lipinski definition) is 1. The van der Waals surface area contributed by atoms with Gasteiger partial charge in [-0.1, -0.05) is 15.9 Å². The summed E-state index contributed by atoms with van der Waals surface area (Å²) in [6.45, 7) is 0. The van der Waals surface area contributed by atoms with Crippen LogP contribution in [0.25, 0.3) is 0 Å². The maximum absolute atomic E-state index is 13.5. The van der Waals surface area contributed by atoms with Gasteiger partial charge in [0.25, 0.3) is 0 Å². The van der Waals surface area contributed by atoms with Gasteiger partial charge in [-0.05, 0) is 18.2 Å². The number of ether oxygens (including phenoxy) is 1. The van der Waals surface area contributed by atoms with Crippen molar-refractivity contribution in [3.05, 3.63) is 39.6 Å².